The first kappa shape index (κ1) is 16.9. The van der Waals surface area contributed by atoms with E-state index in [9.17, 15) is 4.39 Å². The lowest BCUT2D eigenvalue weighted by molar-refractivity contribution is 0.573. The van der Waals surface area contributed by atoms with Gasteiger partial charge in [0.05, 0.1) is 6.04 Å². The van der Waals surface area contributed by atoms with Crippen molar-refractivity contribution < 1.29 is 4.39 Å². The van der Waals surface area contributed by atoms with Crippen molar-refractivity contribution in [3.8, 4) is 0 Å². The third-order valence-corrected chi connectivity index (χ3v) is 5.43. The van der Waals surface area contributed by atoms with Crippen LogP contribution in [0.1, 0.15) is 28.8 Å². The van der Waals surface area contributed by atoms with Crippen molar-refractivity contribution in [3.63, 3.8) is 0 Å². The Bertz CT molecular complexity index is 896. The molecule has 4 heteroatoms. The Morgan fingerprint density at radius 2 is 1.42 bits per heavy atom. The van der Waals surface area contributed by atoms with Crippen molar-refractivity contribution in [2.45, 2.75) is 17.8 Å². The average molecular weight is 362 g/mol. The number of hydrogen-bond donors (Lipinski definition) is 1. The Hall–Kier alpha value is -2.59. The molecule has 0 bridgehead atoms. The van der Waals surface area contributed by atoms with Crippen LogP contribution in [0.4, 0.5) is 4.39 Å². The van der Waals surface area contributed by atoms with Crippen molar-refractivity contribution >= 4 is 16.9 Å². The molecule has 2 atom stereocenters. The van der Waals surface area contributed by atoms with Gasteiger partial charge in [0.2, 0.25) is 0 Å². The first-order chi connectivity index (χ1) is 12.8. The van der Waals surface area contributed by atoms with E-state index in [1.807, 2.05) is 48.5 Å². The van der Waals surface area contributed by atoms with E-state index in [2.05, 4.69) is 29.6 Å². The standard InChI is InChI=1S/C22H19FN2S/c23-19-14-8-7-13-18(19)15-26-22-24-20(16-9-3-1-4-10-16)21(25-22)17-11-5-2-6-12-17/h1-14,20-21H,15H2,(H,24,25). The van der Waals surface area contributed by atoms with Gasteiger partial charge in [-0.2, -0.15) is 0 Å². The Morgan fingerprint density at radius 3 is 2.12 bits per heavy atom. The largest absolute Gasteiger partial charge is 0.356 e. The van der Waals surface area contributed by atoms with E-state index >= 15 is 0 Å². The van der Waals surface area contributed by atoms with E-state index in [1.165, 1.54) is 17.2 Å². The summed E-state index contributed by atoms with van der Waals surface area (Å²) in [6.45, 7) is 0. The van der Waals surface area contributed by atoms with Crippen molar-refractivity contribution in [1.82, 2.24) is 5.32 Å². The molecule has 0 spiro atoms. The van der Waals surface area contributed by atoms with Gasteiger partial charge in [-0.3, -0.25) is 4.99 Å². The third kappa shape index (κ3) is 3.65. The van der Waals surface area contributed by atoms with Crippen LogP contribution in [0.5, 0.6) is 0 Å². The minimum atomic E-state index is -0.169. The van der Waals surface area contributed by atoms with E-state index in [0.29, 0.717) is 11.3 Å². The van der Waals surface area contributed by atoms with Crippen LogP contribution in [0, 0.1) is 5.82 Å². The van der Waals surface area contributed by atoms with Gasteiger partial charge in [0.15, 0.2) is 5.17 Å². The first-order valence-electron chi connectivity index (χ1n) is 8.62. The number of rotatable bonds is 4. The molecule has 0 aliphatic carbocycles. The van der Waals surface area contributed by atoms with Gasteiger partial charge >= 0.3 is 0 Å². The Morgan fingerprint density at radius 1 is 0.808 bits per heavy atom. The van der Waals surface area contributed by atoms with Crippen molar-refractivity contribution in [3.05, 3.63) is 107 Å². The fraction of sp³-hybridized carbons (Fsp3) is 0.136. The molecule has 26 heavy (non-hydrogen) atoms. The predicted octanol–water partition coefficient (Wildman–Crippen LogP) is 5.50. The molecule has 3 aromatic rings. The first-order valence-corrected chi connectivity index (χ1v) is 9.60. The van der Waals surface area contributed by atoms with Crippen LogP contribution in [0.25, 0.3) is 0 Å². The third-order valence-electron chi connectivity index (χ3n) is 4.47. The molecular formula is C22H19FN2S. The van der Waals surface area contributed by atoms with Gasteiger partial charge in [-0.1, -0.05) is 90.6 Å². The fourth-order valence-corrected chi connectivity index (χ4v) is 4.06. The molecule has 1 heterocycles. The second kappa shape index (κ2) is 7.75. The van der Waals surface area contributed by atoms with Crippen molar-refractivity contribution in [1.29, 1.82) is 0 Å². The zero-order valence-electron chi connectivity index (χ0n) is 14.2. The van der Waals surface area contributed by atoms with E-state index < -0.39 is 0 Å². The monoisotopic (exact) mass is 362 g/mol. The molecule has 2 nitrogen and oxygen atoms in total. The lowest BCUT2D eigenvalue weighted by Gasteiger charge is -2.19. The highest BCUT2D eigenvalue weighted by atomic mass is 32.2. The van der Waals surface area contributed by atoms with Gasteiger partial charge in [-0.25, -0.2) is 4.39 Å². The number of nitrogens with one attached hydrogen (secondary N) is 1. The maximum Gasteiger partial charge on any atom is 0.158 e. The molecule has 130 valence electrons. The molecule has 1 N–H and O–H groups in total. The number of aliphatic imine (C=N–C) groups is 1. The van der Waals surface area contributed by atoms with Gasteiger partial charge in [-0.05, 0) is 22.8 Å². The molecule has 0 aromatic heterocycles. The van der Waals surface area contributed by atoms with Gasteiger partial charge in [0.25, 0.3) is 0 Å². The molecule has 0 radical (unpaired) electrons. The van der Waals surface area contributed by atoms with Crippen LogP contribution in [-0.4, -0.2) is 5.17 Å². The number of hydrogen-bond acceptors (Lipinski definition) is 3. The smallest absolute Gasteiger partial charge is 0.158 e. The molecular weight excluding hydrogens is 343 g/mol. The van der Waals surface area contributed by atoms with Gasteiger partial charge in [-0.15, -0.1) is 0 Å². The molecule has 0 amide bonds. The predicted molar refractivity (Wildman–Crippen MR) is 107 cm³/mol. The highest BCUT2D eigenvalue weighted by Gasteiger charge is 2.31. The van der Waals surface area contributed by atoms with Crippen LogP contribution < -0.4 is 5.32 Å². The Balaban J connectivity index is 1.57. The number of nitrogens with zero attached hydrogens (tertiary/aromatic N) is 1. The Kier molecular flexibility index (Phi) is 5.02. The van der Waals surface area contributed by atoms with Gasteiger partial charge in [0, 0.05) is 5.75 Å². The van der Waals surface area contributed by atoms with Crippen LogP contribution in [0.15, 0.2) is 89.9 Å². The number of amidine groups is 1. The molecule has 3 aromatic carbocycles. The van der Waals surface area contributed by atoms with Crippen molar-refractivity contribution in [2.75, 3.05) is 0 Å². The van der Waals surface area contributed by atoms with Gasteiger partial charge in [0.1, 0.15) is 11.9 Å². The zero-order chi connectivity index (χ0) is 17.8. The highest BCUT2D eigenvalue weighted by molar-refractivity contribution is 8.13. The number of halogens is 1. The van der Waals surface area contributed by atoms with Crippen LogP contribution in [0.2, 0.25) is 0 Å². The highest BCUT2D eigenvalue weighted by Crippen LogP contribution is 2.38. The van der Waals surface area contributed by atoms with Gasteiger partial charge < -0.3 is 5.32 Å². The lowest BCUT2D eigenvalue weighted by atomic mass is 9.95. The topological polar surface area (TPSA) is 24.4 Å². The van der Waals surface area contributed by atoms with Crippen LogP contribution >= 0.6 is 11.8 Å². The maximum absolute atomic E-state index is 13.9. The zero-order valence-corrected chi connectivity index (χ0v) is 15.0. The normalized spacial score (nSPS) is 19.0. The minimum Gasteiger partial charge on any atom is -0.356 e. The summed E-state index contributed by atoms with van der Waals surface area (Å²) in [6, 6.07) is 27.7. The molecule has 0 saturated carbocycles. The summed E-state index contributed by atoms with van der Waals surface area (Å²) in [6.07, 6.45) is 0. The number of benzene rings is 3. The van der Waals surface area contributed by atoms with Crippen LogP contribution in [-0.2, 0) is 5.75 Å². The molecule has 1 aliphatic rings. The average Bonchev–Trinajstić information content (AvgIpc) is 3.13. The fourth-order valence-electron chi connectivity index (χ4n) is 3.13. The Labute approximate surface area is 157 Å². The van der Waals surface area contributed by atoms with E-state index in [-0.39, 0.29) is 17.9 Å². The molecule has 1 aliphatic heterocycles. The molecule has 0 fully saturated rings. The van der Waals surface area contributed by atoms with E-state index in [0.717, 1.165) is 5.17 Å². The van der Waals surface area contributed by atoms with E-state index in [1.54, 1.807) is 17.8 Å². The quantitative estimate of drug-likeness (QED) is 0.663. The molecule has 0 saturated heterocycles. The number of thioether (sulfide) groups is 1. The summed E-state index contributed by atoms with van der Waals surface area (Å²) in [5.41, 5.74) is 3.07. The minimum absolute atomic E-state index is 0.0155. The summed E-state index contributed by atoms with van der Waals surface area (Å²) in [5, 5.41) is 4.39. The van der Waals surface area contributed by atoms with Crippen LogP contribution in [0.3, 0.4) is 0 Å². The second-order valence-corrected chi connectivity index (χ2v) is 7.17. The summed E-state index contributed by atoms with van der Waals surface area (Å²) in [4.78, 5) is 4.91. The summed E-state index contributed by atoms with van der Waals surface area (Å²) < 4.78 is 13.9. The molecule has 4 rings (SSSR count). The summed E-state index contributed by atoms with van der Waals surface area (Å²) in [5.74, 6) is 0.388. The van der Waals surface area contributed by atoms with Crippen molar-refractivity contribution in [2.24, 2.45) is 4.99 Å². The summed E-state index contributed by atoms with van der Waals surface area (Å²) >= 11 is 1.55. The SMILES string of the molecule is Fc1ccccc1CSC1=NC(c2ccccc2)C(c2ccccc2)N1. The maximum atomic E-state index is 13.9. The summed E-state index contributed by atoms with van der Waals surface area (Å²) in [7, 11) is 0. The lowest BCUT2D eigenvalue weighted by Crippen LogP contribution is -2.22. The second-order valence-electron chi connectivity index (χ2n) is 6.20. The molecule has 2 unspecified atom stereocenters. The van der Waals surface area contributed by atoms with E-state index in [4.69, 9.17) is 4.99 Å².